The van der Waals surface area contributed by atoms with E-state index in [0.29, 0.717) is 11.8 Å². The van der Waals surface area contributed by atoms with E-state index in [1.54, 1.807) is 19.5 Å². The van der Waals surface area contributed by atoms with Gasteiger partial charge >= 0.3 is 0 Å². The van der Waals surface area contributed by atoms with Gasteiger partial charge in [0.2, 0.25) is 5.88 Å². The average Bonchev–Trinajstić information content (AvgIpc) is 2.39. The van der Waals surface area contributed by atoms with Crippen LogP contribution in [0.15, 0.2) is 12.4 Å². The van der Waals surface area contributed by atoms with Crippen LogP contribution in [0, 0.1) is 5.92 Å². The van der Waals surface area contributed by atoms with Crippen LogP contribution < -0.4 is 10.5 Å². The first-order valence-corrected chi connectivity index (χ1v) is 5.93. The van der Waals surface area contributed by atoms with Gasteiger partial charge in [-0.2, -0.15) is 0 Å². The lowest BCUT2D eigenvalue weighted by molar-refractivity contribution is 0.294. The second-order valence-electron chi connectivity index (χ2n) is 4.37. The van der Waals surface area contributed by atoms with Crippen molar-refractivity contribution >= 4 is 0 Å². The van der Waals surface area contributed by atoms with Gasteiger partial charge in [0.25, 0.3) is 0 Å². The normalized spacial score (nSPS) is 19.4. The molecule has 1 heterocycles. The number of hydrogen-bond acceptors (Lipinski definition) is 4. The maximum Gasteiger partial charge on any atom is 0.236 e. The highest BCUT2D eigenvalue weighted by Crippen LogP contribution is 2.34. The summed E-state index contributed by atoms with van der Waals surface area (Å²) in [6.45, 7) is 0. The first-order valence-electron chi connectivity index (χ1n) is 5.93. The summed E-state index contributed by atoms with van der Waals surface area (Å²) in [7, 11) is 1.61. The van der Waals surface area contributed by atoms with Gasteiger partial charge in [-0.1, -0.05) is 19.3 Å². The second-order valence-corrected chi connectivity index (χ2v) is 4.37. The zero-order chi connectivity index (χ0) is 11.4. The first-order chi connectivity index (χ1) is 7.83. The Labute approximate surface area is 96.2 Å². The fourth-order valence-electron chi connectivity index (χ4n) is 2.44. The number of hydrogen-bond donors (Lipinski definition) is 1. The topological polar surface area (TPSA) is 61.0 Å². The van der Waals surface area contributed by atoms with E-state index in [9.17, 15) is 0 Å². The van der Waals surface area contributed by atoms with Gasteiger partial charge in [-0.25, -0.2) is 4.98 Å². The molecular formula is C12H19N3O. The number of nitrogens with two attached hydrogens (primary N) is 1. The van der Waals surface area contributed by atoms with Crippen LogP contribution in [0.1, 0.15) is 43.8 Å². The maximum atomic E-state index is 6.26. The van der Waals surface area contributed by atoms with E-state index >= 15 is 0 Å². The molecule has 1 atom stereocenters. The summed E-state index contributed by atoms with van der Waals surface area (Å²) in [6, 6.07) is -0.0380. The molecule has 1 aromatic heterocycles. The Balaban J connectivity index is 2.15. The highest BCUT2D eigenvalue weighted by molar-refractivity contribution is 5.21. The number of ether oxygens (including phenoxy) is 1. The van der Waals surface area contributed by atoms with Gasteiger partial charge < -0.3 is 10.5 Å². The molecule has 0 spiro atoms. The Morgan fingerprint density at radius 1 is 1.25 bits per heavy atom. The van der Waals surface area contributed by atoms with Crippen LogP contribution in [-0.4, -0.2) is 17.1 Å². The molecule has 1 aliphatic carbocycles. The van der Waals surface area contributed by atoms with E-state index in [1.807, 2.05) is 0 Å². The van der Waals surface area contributed by atoms with Crippen molar-refractivity contribution in [2.45, 2.75) is 38.1 Å². The molecule has 1 unspecified atom stereocenters. The quantitative estimate of drug-likeness (QED) is 0.848. The molecule has 0 aliphatic heterocycles. The van der Waals surface area contributed by atoms with Crippen molar-refractivity contribution in [2.24, 2.45) is 11.7 Å². The van der Waals surface area contributed by atoms with Crippen molar-refractivity contribution in [2.75, 3.05) is 7.11 Å². The van der Waals surface area contributed by atoms with Crippen molar-refractivity contribution < 1.29 is 4.74 Å². The molecule has 4 nitrogen and oxygen atoms in total. The second kappa shape index (κ2) is 5.25. The smallest absolute Gasteiger partial charge is 0.236 e. The number of aromatic nitrogens is 2. The van der Waals surface area contributed by atoms with Crippen LogP contribution in [0.25, 0.3) is 0 Å². The Morgan fingerprint density at radius 3 is 2.62 bits per heavy atom. The molecule has 0 amide bonds. The molecule has 0 bridgehead atoms. The Morgan fingerprint density at radius 2 is 1.94 bits per heavy atom. The lowest BCUT2D eigenvalue weighted by Gasteiger charge is -2.27. The Kier molecular flexibility index (Phi) is 3.72. The third-order valence-electron chi connectivity index (χ3n) is 3.36. The van der Waals surface area contributed by atoms with Gasteiger partial charge in [0, 0.05) is 12.4 Å². The molecule has 1 fully saturated rings. The summed E-state index contributed by atoms with van der Waals surface area (Å²) in [5.74, 6) is 1.10. The summed E-state index contributed by atoms with van der Waals surface area (Å²) < 4.78 is 5.20. The highest BCUT2D eigenvalue weighted by Gasteiger charge is 2.25. The molecule has 88 valence electrons. The molecule has 0 aromatic carbocycles. The van der Waals surface area contributed by atoms with Crippen molar-refractivity contribution in [1.29, 1.82) is 0 Å². The van der Waals surface area contributed by atoms with Gasteiger partial charge in [-0.15, -0.1) is 0 Å². The predicted molar refractivity (Wildman–Crippen MR) is 62.1 cm³/mol. The van der Waals surface area contributed by atoms with Gasteiger partial charge in [-0.05, 0) is 18.8 Å². The molecule has 16 heavy (non-hydrogen) atoms. The SMILES string of the molecule is COc1nccnc1C(N)C1CCCCC1. The predicted octanol–water partition coefficient (Wildman–Crippen LogP) is 2.07. The van der Waals surface area contributed by atoms with E-state index in [4.69, 9.17) is 10.5 Å². The molecule has 1 saturated carbocycles. The zero-order valence-electron chi connectivity index (χ0n) is 9.72. The van der Waals surface area contributed by atoms with Crippen LogP contribution >= 0.6 is 0 Å². The zero-order valence-corrected chi connectivity index (χ0v) is 9.72. The van der Waals surface area contributed by atoms with Crippen LogP contribution in [-0.2, 0) is 0 Å². The summed E-state index contributed by atoms with van der Waals surface area (Å²) >= 11 is 0. The number of nitrogens with zero attached hydrogens (tertiary/aromatic N) is 2. The lowest BCUT2D eigenvalue weighted by Crippen LogP contribution is -2.25. The molecule has 2 N–H and O–H groups in total. The molecule has 1 aliphatic rings. The highest BCUT2D eigenvalue weighted by atomic mass is 16.5. The van der Waals surface area contributed by atoms with Crippen LogP contribution in [0.2, 0.25) is 0 Å². The average molecular weight is 221 g/mol. The molecule has 0 radical (unpaired) electrons. The molecular weight excluding hydrogens is 202 g/mol. The minimum atomic E-state index is -0.0380. The number of rotatable bonds is 3. The van der Waals surface area contributed by atoms with Gasteiger partial charge in [0.15, 0.2) is 0 Å². The minimum Gasteiger partial charge on any atom is -0.480 e. The monoisotopic (exact) mass is 221 g/mol. The third kappa shape index (κ3) is 2.32. The maximum absolute atomic E-state index is 6.26. The van der Waals surface area contributed by atoms with Crippen molar-refractivity contribution in [3.05, 3.63) is 18.1 Å². The van der Waals surface area contributed by atoms with Crippen molar-refractivity contribution in [3.63, 3.8) is 0 Å². The number of methoxy groups -OCH3 is 1. The largest absolute Gasteiger partial charge is 0.480 e. The van der Waals surface area contributed by atoms with Gasteiger partial charge in [0.05, 0.1) is 13.2 Å². The minimum absolute atomic E-state index is 0.0380. The van der Waals surface area contributed by atoms with E-state index in [-0.39, 0.29) is 6.04 Å². The summed E-state index contributed by atoms with van der Waals surface area (Å²) in [5, 5.41) is 0. The summed E-state index contributed by atoms with van der Waals surface area (Å²) in [6.07, 6.45) is 9.60. The fraction of sp³-hybridized carbons (Fsp3) is 0.667. The van der Waals surface area contributed by atoms with Crippen LogP contribution in [0.5, 0.6) is 5.88 Å². The Bertz CT molecular complexity index is 337. The molecule has 4 heteroatoms. The third-order valence-corrected chi connectivity index (χ3v) is 3.36. The molecule has 1 aromatic rings. The van der Waals surface area contributed by atoms with Gasteiger partial charge in [0.1, 0.15) is 5.69 Å². The van der Waals surface area contributed by atoms with E-state index in [2.05, 4.69) is 9.97 Å². The first kappa shape index (κ1) is 11.3. The fourth-order valence-corrected chi connectivity index (χ4v) is 2.44. The summed E-state index contributed by atoms with van der Waals surface area (Å²) in [4.78, 5) is 8.46. The van der Waals surface area contributed by atoms with E-state index < -0.39 is 0 Å². The van der Waals surface area contributed by atoms with Crippen LogP contribution in [0.3, 0.4) is 0 Å². The lowest BCUT2D eigenvalue weighted by atomic mass is 9.83. The van der Waals surface area contributed by atoms with Crippen LogP contribution in [0.4, 0.5) is 0 Å². The molecule has 2 rings (SSSR count). The standard InChI is InChI=1S/C12H19N3O/c1-16-12-11(14-7-8-15-12)10(13)9-5-3-2-4-6-9/h7-10H,2-6,13H2,1H3. The summed E-state index contributed by atoms with van der Waals surface area (Å²) in [5.41, 5.74) is 7.07. The Hall–Kier alpha value is -1.16. The van der Waals surface area contributed by atoms with Crippen molar-refractivity contribution in [1.82, 2.24) is 9.97 Å². The van der Waals surface area contributed by atoms with Crippen molar-refractivity contribution in [3.8, 4) is 5.88 Å². The molecule has 0 saturated heterocycles. The van der Waals surface area contributed by atoms with E-state index in [0.717, 1.165) is 5.69 Å². The van der Waals surface area contributed by atoms with E-state index in [1.165, 1.54) is 32.1 Å². The van der Waals surface area contributed by atoms with Gasteiger partial charge in [-0.3, -0.25) is 4.98 Å².